The van der Waals surface area contributed by atoms with Gasteiger partial charge in [-0.15, -0.1) is 0 Å². The third kappa shape index (κ3) is 3.35. The lowest BCUT2D eigenvalue weighted by Gasteiger charge is -2.13. The van der Waals surface area contributed by atoms with Crippen molar-refractivity contribution in [3.05, 3.63) is 24.3 Å². The zero-order valence-corrected chi connectivity index (χ0v) is 14.3. The summed E-state index contributed by atoms with van der Waals surface area (Å²) in [6, 6.07) is 3.36. The van der Waals surface area contributed by atoms with E-state index < -0.39 is 50.4 Å². The third-order valence-corrected chi connectivity index (χ3v) is 5.81. The summed E-state index contributed by atoms with van der Waals surface area (Å²) in [6.07, 6.45) is 0. The first-order valence-electron chi connectivity index (χ1n) is 5.98. The van der Waals surface area contributed by atoms with Crippen molar-refractivity contribution in [1.29, 1.82) is 0 Å². The molecule has 0 bridgehead atoms. The van der Waals surface area contributed by atoms with E-state index in [0.717, 1.165) is 12.1 Å². The third-order valence-electron chi connectivity index (χ3n) is 3.12. The molecule has 2 aromatic rings. The highest BCUT2D eigenvalue weighted by molar-refractivity contribution is 7.87. The highest BCUT2D eigenvalue weighted by atomic mass is 32.2. The SMILES string of the molecule is CNc1ccc2c(S(=O)(=O)O)cc(S(=O)(=O)O)cc2c1S(=O)(=O)O. The number of nitrogens with one attached hydrogen (secondary N) is 1. The van der Waals surface area contributed by atoms with E-state index in [1.165, 1.54) is 7.05 Å². The van der Waals surface area contributed by atoms with E-state index in [1.54, 1.807) is 0 Å². The summed E-state index contributed by atoms with van der Waals surface area (Å²) in [5.74, 6) is 0. The standard InChI is InChI=1S/C11H11NO9S3/c1-12-9-3-2-7-8(11(9)24(19,20)21)4-6(22(13,14)15)5-10(7)23(16,17)18/h2-5,12H,1H3,(H,13,14,15)(H,16,17,18)(H,19,20,21). The van der Waals surface area contributed by atoms with Crippen molar-refractivity contribution in [2.24, 2.45) is 0 Å². The van der Waals surface area contributed by atoms with Gasteiger partial charge in [0.2, 0.25) is 0 Å². The van der Waals surface area contributed by atoms with Crippen LogP contribution in [0.25, 0.3) is 10.8 Å². The molecule has 0 aliphatic heterocycles. The molecule has 13 heteroatoms. The van der Waals surface area contributed by atoms with Crippen LogP contribution in [0.1, 0.15) is 0 Å². The Morgan fingerprint density at radius 1 is 0.792 bits per heavy atom. The van der Waals surface area contributed by atoms with E-state index in [4.69, 9.17) is 4.55 Å². The molecule has 2 aromatic carbocycles. The minimum atomic E-state index is -4.97. The molecule has 0 heterocycles. The molecular formula is C11H11NO9S3. The van der Waals surface area contributed by atoms with Crippen molar-refractivity contribution < 1.29 is 38.9 Å². The zero-order chi connectivity index (χ0) is 18.5. The lowest BCUT2D eigenvalue weighted by atomic mass is 10.1. The van der Waals surface area contributed by atoms with Gasteiger partial charge in [-0.25, -0.2) is 0 Å². The summed E-state index contributed by atoms with van der Waals surface area (Å²) in [4.78, 5) is -2.72. The molecule has 0 amide bonds. The van der Waals surface area contributed by atoms with Gasteiger partial charge in [-0.05, 0) is 18.2 Å². The molecule has 0 spiro atoms. The number of fused-ring (bicyclic) bond motifs is 1. The van der Waals surface area contributed by atoms with Gasteiger partial charge in [-0.1, -0.05) is 6.07 Å². The average molecular weight is 397 g/mol. The predicted octanol–water partition coefficient (Wildman–Crippen LogP) is 0.622. The fraction of sp³-hybridized carbons (Fsp3) is 0.0909. The van der Waals surface area contributed by atoms with Crippen LogP contribution in [0.4, 0.5) is 5.69 Å². The Balaban J connectivity index is 3.23. The molecule has 0 fully saturated rings. The fourth-order valence-electron chi connectivity index (χ4n) is 2.19. The Morgan fingerprint density at radius 3 is 1.79 bits per heavy atom. The maximum absolute atomic E-state index is 11.6. The van der Waals surface area contributed by atoms with Gasteiger partial charge in [0.15, 0.2) is 0 Å². The fourth-order valence-corrected chi connectivity index (χ4v) is 4.42. The number of hydrogen-bond donors (Lipinski definition) is 4. The Kier molecular flexibility index (Phi) is 4.37. The maximum Gasteiger partial charge on any atom is 0.297 e. The summed E-state index contributed by atoms with van der Waals surface area (Å²) in [5, 5.41) is 1.56. The Hall–Kier alpha value is -1.77. The number of rotatable bonds is 4. The van der Waals surface area contributed by atoms with Crippen molar-refractivity contribution >= 4 is 46.8 Å². The molecule has 24 heavy (non-hydrogen) atoms. The molecular weight excluding hydrogens is 386 g/mol. The summed E-state index contributed by atoms with van der Waals surface area (Å²) in [5.41, 5.74) is -0.154. The van der Waals surface area contributed by atoms with Crippen LogP contribution < -0.4 is 5.32 Å². The molecule has 2 rings (SSSR count). The second-order valence-corrected chi connectivity index (χ2v) is 8.80. The monoisotopic (exact) mass is 397 g/mol. The van der Waals surface area contributed by atoms with Crippen molar-refractivity contribution in [2.75, 3.05) is 12.4 Å². The normalized spacial score (nSPS) is 13.2. The summed E-state index contributed by atoms with van der Waals surface area (Å²) in [6.45, 7) is 0. The van der Waals surface area contributed by atoms with Gasteiger partial charge in [-0.3, -0.25) is 13.7 Å². The molecule has 0 aromatic heterocycles. The van der Waals surface area contributed by atoms with E-state index in [9.17, 15) is 34.4 Å². The van der Waals surface area contributed by atoms with Crippen LogP contribution in [0.15, 0.2) is 39.0 Å². The van der Waals surface area contributed by atoms with Crippen LogP contribution in [0.2, 0.25) is 0 Å². The molecule has 0 saturated carbocycles. The van der Waals surface area contributed by atoms with Gasteiger partial charge in [0.1, 0.15) is 9.79 Å². The van der Waals surface area contributed by atoms with Crippen LogP contribution in [0, 0.1) is 0 Å². The van der Waals surface area contributed by atoms with Gasteiger partial charge in [0, 0.05) is 17.8 Å². The Labute approximate surface area is 137 Å². The minimum Gasteiger partial charge on any atom is -0.387 e. The molecule has 4 N–H and O–H groups in total. The van der Waals surface area contributed by atoms with Crippen LogP contribution in [0.3, 0.4) is 0 Å². The van der Waals surface area contributed by atoms with Gasteiger partial charge in [0.05, 0.1) is 10.6 Å². The first-order valence-corrected chi connectivity index (χ1v) is 10.3. The minimum absolute atomic E-state index is 0.154. The van der Waals surface area contributed by atoms with E-state index >= 15 is 0 Å². The van der Waals surface area contributed by atoms with Crippen molar-refractivity contribution in [1.82, 2.24) is 0 Å². The molecule has 0 saturated heterocycles. The lowest BCUT2D eigenvalue weighted by molar-refractivity contribution is 0.478. The molecule has 0 atom stereocenters. The van der Waals surface area contributed by atoms with Crippen molar-refractivity contribution in [3.63, 3.8) is 0 Å². The highest BCUT2D eigenvalue weighted by Crippen LogP contribution is 2.35. The van der Waals surface area contributed by atoms with Crippen LogP contribution >= 0.6 is 0 Å². The second kappa shape index (κ2) is 5.65. The number of hydrogen-bond acceptors (Lipinski definition) is 7. The predicted molar refractivity (Wildman–Crippen MR) is 82.9 cm³/mol. The number of benzene rings is 2. The molecule has 0 aliphatic rings. The largest absolute Gasteiger partial charge is 0.387 e. The van der Waals surface area contributed by atoms with Gasteiger partial charge < -0.3 is 5.32 Å². The van der Waals surface area contributed by atoms with Gasteiger partial charge in [0.25, 0.3) is 30.4 Å². The van der Waals surface area contributed by atoms with E-state index in [1.807, 2.05) is 0 Å². The van der Waals surface area contributed by atoms with Crippen LogP contribution in [-0.2, 0) is 30.4 Å². The summed E-state index contributed by atoms with van der Waals surface area (Å²) in [7, 11) is -13.5. The summed E-state index contributed by atoms with van der Waals surface area (Å²) < 4.78 is 96.7. The second-order valence-electron chi connectivity index (χ2n) is 4.63. The van der Waals surface area contributed by atoms with E-state index in [-0.39, 0.29) is 11.1 Å². The van der Waals surface area contributed by atoms with E-state index in [0.29, 0.717) is 12.1 Å². The maximum atomic E-state index is 11.6. The topological polar surface area (TPSA) is 175 Å². The lowest BCUT2D eigenvalue weighted by Crippen LogP contribution is -2.08. The molecule has 10 nitrogen and oxygen atoms in total. The Morgan fingerprint density at radius 2 is 1.38 bits per heavy atom. The first kappa shape index (κ1) is 18.6. The van der Waals surface area contributed by atoms with Gasteiger partial charge >= 0.3 is 0 Å². The number of anilines is 1. The molecule has 0 radical (unpaired) electrons. The average Bonchev–Trinajstić information content (AvgIpc) is 2.41. The van der Waals surface area contributed by atoms with Gasteiger partial charge in [-0.2, -0.15) is 25.3 Å². The van der Waals surface area contributed by atoms with Crippen LogP contribution in [-0.4, -0.2) is 46.0 Å². The zero-order valence-electron chi connectivity index (χ0n) is 11.8. The quantitative estimate of drug-likeness (QED) is 0.535. The highest BCUT2D eigenvalue weighted by Gasteiger charge is 2.26. The summed E-state index contributed by atoms with van der Waals surface area (Å²) >= 11 is 0. The molecule has 0 unspecified atom stereocenters. The van der Waals surface area contributed by atoms with Crippen molar-refractivity contribution in [3.8, 4) is 0 Å². The first-order chi connectivity index (χ1) is 10.8. The van der Waals surface area contributed by atoms with Crippen molar-refractivity contribution in [2.45, 2.75) is 14.7 Å². The molecule has 132 valence electrons. The smallest absolute Gasteiger partial charge is 0.297 e. The van der Waals surface area contributed by atoms with Crippen LogP contribution in [0.5, 0.6) is 0 Å². The Bertz CT molecular complexity index is 1150. The molecule has 0 aliphatic carbocycles. The van der Waals surface area contributed by atoms with E-state index in [2.05, 4.69) is 5.32 Å².